The Hall–Kier alpha value is -3.22. The van der Waals surface area contributed by atoms with Crippen molar-refractivity contribution in [1.82, 2.24) is 9.13 Å². The summed E-state index contributed by atoms with van der Waals surface area (Å²) in [5, 5.41) is 12.1. The zero-order valence-corrected chi connectivity index (χ0v) is 13.4. The first-order valence-corrected chi connectivity index (χ1v) is 7.39. The highest BCUT2D eigenvalue weighted by molar-refractivity contribution is 5.90. The predicted octanol–water partition coefficient (Wildman–Crippen LogP) is 1.77. The fourth-order valence-electron chi connectivity index (χ4n) is 2.72. The molecule has 0 amide bonds. The highest BCUT2D eigenvalue weighted by Gasteiger charge is 2.09. The first-order chi connectivity index (χ1) is 11.4. The quantitative estimate of drug-likeness (QED) is 0.634. The van der Waals surface area contributed by atoms with Crippen molar-refractivity contribution in [2.45, 2.75) is 6.54 Å². The average Bonchev–Trinajstić information content (AvgIpc) is 2.78. The highest BCUT2D eigenvalue weighted by Crippen LogP contribution is 2.21. The van der Waals surface area contributed by atoms with Crippen LogP contribution in [0.3, 0.4) is 0 Å². The molecule has 0 fully saturated rings. The van der Waals surface area contributed by atoms with Crippen molar-refractivity contribution in [3.63, 3.8) is 0 Å². The summed E-state index contributed by atoms with van der Waals surface area (Å²) >= 11 is 0. The zero-order valence-electron chi connectivity index (χ0n) is 13.4. The van der Waals surface area contributed by atoms with Crippen molar-refractivity contribution in [2.75, 3.05) is 11.1 Å². The number of nitrogens with two attached hydrogens (primary N) is 1. The van der Waals surface area contributed by atoms with Gasteiger partial charge < -0.3 is 16.2 Å². The molecule has 0 aliphatic rings. The topological polar surface area (TPSA) is 102 Å². The van der Waals surface area contributed by atoms with Crippen molar-refractivity contribution < 1.29 is 9.90 Å². The number of aromatic nitrogens is 2. The summed E-state index contributed by atoms with van der Waals surface area (Å²) in [6, 6.07) is 10.4. The van der Waals surface area contributed by atoms with Gasteiger partial charge in [-0.1, -0.05) is 6.07 Å². The van der Waals surface area contributed by atoms with E-state index in [9.17, 15) is 9.59 Å². The van der Waals surface area contributed by atoms with Gasteiger partial charge in [0.15, 0.2) is 0 Å². The largest absolute Gasteiger partial charge is 0.478 e. The molecule has 124 valence electrons. The van der Waals surface area contributed by atoms with Crippen LogP contribution < -0.4 is 16.7 Å². The molecule has 0 spiro atoms. The maximum atomic E-state index is 12.0. The normalized spacial score (nSPS) is 10.9. The second kappa shape index (κ2) is 5.77. The van der Waals surface area contributed by atoms with Crippen LogP contribution in [0.5, 0.6) is 0 Å². The molecule has 1 aromatic heterocycles. The molecule has 24 heavy (non-hydrogen) atoms. The zero-order chi connectivity index (χ0) is 17.4. The number of hydrogen-bond donors (Lipinski definition) is 3. The van der Waals surface area contributed by atoms with E-state index in [1.165, 1.54) is 12.1 Å². The van der Waals surface area contributed by atoms with Gasteiger partial charge in [-0.05, 0) is 35.9 Å². The van der Waals surface area contributed by atoms with Crippen molar-refractivity contribution in [1.29, 1.82) is 0 Å². The van der Waals surface area contributed by atoms with E-state index < -0.39 is 5.97 Å². The molecular formula is C17H18N4O3. The predicted molar refractivity (Wildman–Crippen MR) is 93.3 cm³/mol. The number of fused-ring (bicyclic) bond motifs is 1. The third-order valence-electron chi connectivity index (χ3n) is 4.12. The number of carboxylic acids is 1. The van der Waals surface area contributed by atoms with Gasteiger partial charge in [-0.25, -0.2) is 9.59 Å². The Kier molecular flexibility index (Phi) is 3.76. The van der Waals surface area contributed by atoms with Crippen LogP contribution in [-0.2, 0) is 20.6 Å². The van der Waals surface area contributed by atoms with E-state index in [0.29, 0.717) is 17.9 Å². The van der Waals surface area contributed by atoms with E-state index in [-0.39, 0.29) is 11.3 Å². The van der Waals surface area contributed by atoms with Crippen LogP contribution in [-0.4, -0.2) is 20.2 Å². The van der Waals surface area contributed by atoms with Gasteiger partial charge in [-0.15, -0.1) is 0 Å². The number of aromatic carboxylic acids is 1. The van der Waals surface area contributed by atoms with Crippen LogP contribution in [0.25, 0.3) is 11.0 Å². The maximum Gasteiger partial charge on any atom is 0.335 e. The molecule has 4 N–H and O–H groups in total. The lowest BCUT2D eigenvalue weighted by molar-refractivity contribution is 0.0697. The number of carboxylic acid groups (broad SMARTS) is 1. The van der Waals surface area contributed by atoms with E-state index in [2.05, 4.69) is 5.32 Å². The SMILES string of the molecule is Cn1c(=O)n(C)c2cc(CNc3ccc(C(=O)O)cc3N)ccc21. The average molecular weight is 326 g/mol. The molecule has 7 heteroatoms. The summed E-state index contributed by atoms with van der Waals surface area (Å²) in [7, 11) is 3.48. The number of aryl methyl sites for hydroxylation is 2. The standard InChI is InChI=1S/C17H18N4O3/c1-20-14-6-3-10(7-15(14)21(2)17(20)24)9-19-13-5-4-11(16(22)23)8-12(13)18/h3-8,19H,9,18H2,1-2H3,(H,22,23). The van der Waals surface area contributed by atoms with E-state index >= 15 is 0 Å². The molecule has 3 aromatic rings. The molecule has 0 aliphatic heterocycles. The number of nitrogen functional groups attached to an aromatic ring is 1. The minimum absolute atomic E-state index is 0.0661. The smallest absolute Gasteiger partial charge is 0.335 e. The number of nitrogens with zero attached hydrogens (tertiary/aromatic N) is 2. The molecule has 1 heterocycles. The van der Waals surface area contributed by atoms with Crippen LogP contribution in [0.15, 0.2) is 41.2 Å². The third kappa shape index (κ3) is 2.60. The van der Waals surface area contributed by atoms with Gasteiger partial charge in [-0.2, -0.15) is 0 Å². The monoisotopic (exact) mass is 326 g/mol. The first kappa shape index (κ1) is 15.7. The number of nitrogens with one attached hydrogen (secondary N) is 1. The van der Waals surface area contributed by atoms with Gasteiger partial charge in [0.1, 0.15) is 0 Å². The molecule has 2 aromatic carbocycles. The Morgan fingerprint density at radius 3 is 2.50 bits per heavy atom. The van der Waals surface area contributed by atoms with E-state index in [4.69, 9.17) is 10.8 Å². The van der Waals surface area contributed by atoms with Crippen LogP contribution in [0.2, 0.25) is 0 Å². The Labute approximate surface area is 137 Å². The van der Waals surface area contributed by atoms with E-state index in [1.54, 1.807) is 29.3 Å². The van der Waals surface area contributed by atoms with Gasteiger partial charge in [0.2, 0.25) is 0 Å². The van der Waals surface area contributed by atoms with E-state index in [1.807, 2.05) is 18.2 Å². The highest BCUT2D eigenvalue weighted by atomic mass is 16.4. The molecule has 0 saturated carbocycles. The molecule has 7 nitrogen and oxygen atoms in total. The molecule has 0 bridgehead atoms. The lowest BCUT2D eigenvalue weighted by Gasteiger charge is -2.10. The molecular weight excluding hydrogens is 308 g/mol. The van der Waals surface area contributed by atoms with Crippen LogP contribution in [0.1, 0.15) is 15.9 Å². The van der Waals surface area contributed by atoms with Crippen LogP contribution >= 0.6 is 0 Å². The number of carbonyl (C=O) groups is 1. The van der Waals surface area contributed by atoms with Crippen LogP contribution in [0.4, 0.5) is 11.4 Å². The Morgan fingerprint density at radius 2 is 1.83 bits per heavy atom. The van der Waals surface area contributed by atoms with E-state index in [0.717, 1.165) is 16.6 Å². The van der Waals surface area contributed by atoms with Crippen LogP contribution in [0, 0.1) is 0 Å². The summed E-state index contributed by atoms with van der Waals surface area (Å²) in [5.41, 5.74) is 9.74. The summed E-state index contributed by atoms with van der Waals surface area (Å²) < 4.78 is 3.21. The number of imidazole rings is 1. The van der Waals surface area contributed by atoms with Crippen molar-refractivity contribution in [3.8, 4) is 0 Å². The summed E-state index contributed by atoms with van der Waals surface area (Å²) in [5.74, 6) is -1.01. The molecule has 0 aliphatic carbocycles. The van der Waals surface area contributed by atoms with Gasteiger partial charge in [0.05, 0.1) is 28.0 Å². The Balaban J connectivity index is 1.85. The van der Waals surface area contributed by atoms with Gasteiger partial charge >= 0.3 is 11.7 Å². The minimum Gasteiger partial charge on any atom is -0.478 e. The van der Waals surface area contributed by atoms with Crippen molar-refractivity contribution in [3.05, 3.63) is 58.0 Å². The van der Waals surface area contributed by atoms with Crippen molar-refractivity contribution in [2.24, 2.45) is 14.1 Å². The number of hydrogen-bond acceptors (Lipinski definition) is 4. The maximum absolute atomic E-state index is 12.0. The molecule has 0 radical (unpaired) electrons. The van der Waals surface area contributed by atoms with Crippen molar-refractivity contribution >= 4 is 28.4 Å². The fraction of sp³-hybridized carbons (Fsp3) is 0.176. The number of anilines is 2. The lowest BCUT2D eigenvalue weighted by atomic mass is 10.1. The Morgan fingerprint density at radius 1 is 1.12 bits per heavy atom. The fourth-order valence-corrected chi connectivity index (χ4v) is 2.72. The van der Waals surface area contributed by atoms with Gasteiger partial charge in [0.25, 0.3) is 0 Å². The summed E-state index contributed by atoms with van der Waals surface area (Å²) in [4.78, 5) is 22.9. The lowest BCUT2D eigenvalue weighted by Crippen LogP contribution is -2.19. The Bertz CT molecular complexity index is 1000. The summed E-state index contributed by atoms with van der Waals surface area (Å²) in [6.07, 6.45) is 0. The van der Waals surface area contributed by atoms with Gasteiger partial charge in [-0.3, -0.25) is 9.13 Å². The second-order valence-corrected chi connectivity index (χ2v) is 5.68. The number of benzene rings is 2. The number of rotatable bonds is 4. The molecule has 3 rings (SSSR count). The summed E-state index contributed by atoms with van der Waals surface area (Å²) in [6.45, 7) is 0.510. The van der Waals surface area contributed by atoms with Gasteiger partial charge in [0, 0.05) is 20.6 Å². The first-order valence-electron chi connectivity index (χ1n) is 7.39. The molecule has 0 atom stereocenters. The molecule has 0 saturated heterocycles. The second-order valence-electron chi connectivity index (χ2n) is 5.68. The molecule has 0 unspecified atom stereocenters. The third-order valence-corrected chi connectivity index (χ3v) is 4.12. The minimum atomic E-state index is -1.01.